The van der Waals surface area contributed by atoms with Crippen LogP contribution >= 0.6 is 11.6 Å². The van der Waals surface area contributed by atoms with E-state index in [1.807, 2.05) is 43.3 Å². The van der Waals surface area contributed by atoms with Gasteiger partial charge in [0, 0.05) is 12.1 Å². The highest BCUT2D eigenvalue weighted by molar-refractivity contribution is 6.32. The summed E-state index contributed by atoms with van der Waals surface area (Å²) in [7, 11) is 0. The van der Waals surface area contributed by atoms with Gasteiger partial charge in [-0.3, -0.25) is 0 Å². The lowest BCUT2D eigenvalue weighted by Crippen LogP contribution is -2.00. The van der Waals surface area contributed by atoms with Crippen LogP contribution in [0.2, 0.25) is 5.02 Å². The monoisotopic (exact) mass is 247 g/mol. The number of nitrogens with two attached hydrogens (primary N) is 1. The van der Waals surface area contributed by atoms with Crippen molar-refractivity contribution in [2.45, 2.75) is 13.5 Å². The summed E-state index contributed by atoms with van der Waals surface area (Å²) in [4.78, 5) is 0. The molecule has 0 aromatic heterocycles. The number of hydrogen-bond acceptors (Lipinski definition) is 2. The zero-order valence-corrected chi connectivity index (χ0v) is 10.4. The van der Waals surface area contributed by atoms with Crippen LogP contribution in [0.5, 0.6) is 11.5 Å². The van der Waals surface area contributed by atoms with E-state index >= 15 is 0 Å². The van der Waals surface area contributed by atoms with E-state index in [-0.39, 0.29) is 0 Å². The zero-order valence-electron chi connectivity index (χ0n) is 9.61. The fourth-order valence-electron chi connectivity index (χ4n) is 1.61. The Bertz CT molecular complexity index is 525. The van der Waals surface area contributed by atoms with Crippen molar-refractivity contribution >= 4 is 11.6 Å². The minimum atomic E-state index is 0.446. The molecule has 0 aliphatic heterocycles. The molecule has 0 saturated carbocycles. The van der Waals surface area contributed by atoms with Crippen LogP contribution < -0.4 is 10.5 Å². The third-order valence-electron chi connectivity index (χ3n) is 2.49. The zero-order chi connectivity index (χ0) is 12.3. The predicted octanol–water partition coefficient (Wildman–Crippen LogP) is 3.90. The first-order valence-corrected chi connectivity index (χ1v) is 5.80. The van der Waals surface area contributed by atoms with Gasteiger partial charge in [-0.1, -0.05) is 41.4 Å². The lowest BCUT2D eigenvalue weighted by atomic mass is 10.1. The molecule has 0 atom stereocenters. The maximum Gasteiger partial charge on any atom is 0.146 e. The summed E-state index contributed by atoms with van der Waals surface area (Å²) in [5.74, 6) is 1.40. The second kappa shape index (κ2) is 5.21. The van der Waals surface area contributed by atoms with Crippen molar-refractivity contribution in [2.24, 2.45) is 5.73 Å². The van der Waals surface area contributed by atoms with E-state index in [4.69, 9.17) is 22.1 Å². The molecule has 3 heteroatoms. The average molecular weight is 248 g/mol. The van der Waals surface area contributed by atoms with Crippen molar-refractivity contribution < 1.29 is 4.74 Å². The molecule has 17 heavy (non-hydrogen) atoms. The summed E-state index contributed by atoms with van der Waals surface area (Å²) in [5, 5.41) is 0.594. The van der Waals surface area contributed by atoms with Crippen molar-refractivity contribution in [3.8, 4) is 11.5 Å². The Morgan fingerprint density at radius 3 is 2.59 bits per heavy atom. The van der Waals surface area contributed by atoms with E-state index in [0.29, 0.717) is 17.3 Å². The van der Waals surface area contributed by atoms with E-state index in [1.54, 1.807) is 6.07 Å². The Hall–Kier alpha value is -1.51. The fraction of sp³-hybridized carbons (Fsp3) is 0.143. The first kappa shape index (κ1) is 12.0. The van der Waals surface area contributed by atoms with Crippen LogP contribution in [0, 0.1) is 6.92 Å². The number of para-hydroxylation sites is 1. The van der Waals surface area contributed by atoms with Gasteiger partial charge in [-0.15, -0.1) is 0 Å². The van der Waals surface area contributed by atoms with Gasteiger partial charge in [0.1, 0.15) is 11.5 Å². The molecule has 2 aromatic rings. The van der Waals surface area contributed by atoms with Crippen molar-refractivity contribution in [1.29, 1.82) is 0 Å². The summed E-state index contributed by atoms with van der Waals surface area (Å²) < 4.78 is 5.77. The lowest BCUT2D eigenvalue weighted by Gasteiger charge is -2.11. The second-order valence-corrected chi connectivity index (χ2v) is 4.25. The second-order valence-electron chi connectivity index (χ2n) is 3.85. The molecular weight excluding hydrogens is 234 g/mol. The molecule has 0 heterocycles. The average Bonchev–Trinajstić information content (AvgIpc) is 2.34. The molecule has 0 amide bonds. The largest absolute Gasteiger partial charge is 0.455 e. The summed E-state index contributed by atoms with van der Waals surface area (Å²) in [5.41, 5.74) is 7.84. The summed E-state index contributed by atoms with van der Waals surface area (Å²) >= 11 is 6.04. The van der Waals surface area contributed by atoms with Gasteiger partial charge < -0.3 is 10.5 Å². The number of benzene rings is 2. The molecule has 88 valence electrons. The standard InChI is InChI=1S/C14H14ClNO/c1-10-6-7-13(11(8-10)9-16)17-14-5-3-2-4-12(14)15/h2-8H,9,16H2,1H3. The highest BCUT2D eigenvalue weighted by atomic mass is 35.5. The van der Waals surface area contributed by atoms with Crippen LogP contribution in [0.15, 0.2) is 42.5 Å². The van der Waals surface area contributed by atoms with Gasteiger partial charge in [0.15, 0.2) is 0 Å². The van der Waals surface area contributed by atoms with E-state index in [0.717, 1.165) is 16.9 Å². The normalized spacial score (nSPS) is 10.3. The third kappa shape index (κ3) is 2.78. The Labute approximate surface area is 106 Å². The smallest absolute Gasteiger partial charge is 0.146 e. The first-order chi connectivity index (χ1) is 8.20. The molecule has 0 saturated heterocycles. The van der Waals surface area contributed by atoms with Crippen LogP contribution in [0.4, 0.5) is 0 Å². The molecule has 0 spiro atoms. The van der Waals surface area contributed by atoms with Gasteiger partial charge in [-0.05, 0) is 25.1 Å². The van der Waals surface area contributed by atoms with Gasteiger partial charge in [-0.25, -0.2) is 0 Å². The van der Waals surface area contributed by atoms with Crippen LogP contribution in [-0.2, 0) is 6.54 Å². The summed E-state index contributed by atoms with van der Waals surface area (Å²) in [6, 6.07) is 13.3. The highest BCUT2D eigenvalue weighted by Crippen LogP contribution is 2.31. The van der Waals surface area contributed by atoms with Gasteiger partial charge in [0.05, 0.1) is 5.02 Å². The number of rotatable bonds is 3. The Kier molecular flexibility index (Phi) is 3.67. The van der Waals surface area contributed by atoms with Gasteiger partial charge >= 0.3 is 0 Å². The van der Waals surface area contributed by atoms with Crippen LogP contribution in [0.25, 0.3) is 0 Å². The van der Waals surface area contributed by atoms with Crippen LogP contribution in [0.3, 0.4) is 0 Å². The minimum absolute atomic E-state index is 0.446. The molecule has 2 N–H and O–H groups in total. The molecule has 0 radical (unpaired) electrons. The predicted molar refractivity (Wildman–Crippen MR) is 70.6 cm³/mol. The molecule has 2 rings (SSSR count). The van der Waals surface area contributed by atoms with Gasteiger partial charge in [0.25, 0.3) is 0 Å². The third-order valence-corrected chi connectivity index (χ3v) is 2.80. The summed E-state index contributed by atoms with van der Waals surface area (Å²) in [6.07, 6.45) is 0. The lowest BCUT2D eigenvalue weighted by molar-refractivity contribution is 0.476. The molecule has 0 aliphatic rings. The Balaban J connectivity index is 2.33. The SMILES string of the molecule is Cc1ccc(Oc2ccccc2Cl)c(CN)c1. The fourth-order valence-corrected chi connectivity index (χ4v) is 1.79. The Morgan fingerprint density at radius 2 is 1.88 bits per heavy atom. The highest BCUT2D eigenvalue weighted by Gasteiger charge is 2.06. The quantitative estimate of drug-likeness (QED) is 0.893. The maximum absolute atomic E-state index is 6.04. The molecule has 2 nitrogen and oxygen atoms in total. The van der Waals surface area contributed by atoms with Gasteiger partial charge in [0.2, 0.25) is 0 Å². The molecule has 2 aromatic carbocycles. The number of ether oxygens (including phenoxy) is 1. The number of aryl methyl sites for hydroxylation is 1. The Morgan fingerprint density at radius 1 is 1.12 bits per heavy atom. The number of halogens is 1. The van der Waals surface area contributed by atoms with E-state index in [9.17, 15) is 0 Å². The molecular formula is C14H14ClNO. The molecule has 0 fully saturated rings. The van der Waals surface area contributed by atoms with Crippen LogP contribution in [-0.4, -0.2) is 0 Å². The minimum Gasteiger partial charge on any atom is -0.455 e. The van der Waals surface area contributed by atoms with Crippen molar-refractivity contribution in [3.63, 3.8) is 0 Å². The van der Waals surface area contributed by atoms with Crippen molar-refractivity contribution in [2.75, 3.05) is 0 Å². The maximum atomic E-state index is 6.04. The van der Waals surface area contributed by atoms with E-state index in [2.05, 4.69) is 0 Å². The van der Waals surface area contributed by atoms with Gasteiger partial charge in [-0.2, -0.15) is 0 Å². The topological polar surface area (TPSA) is 35.2 Å². The number of hydrogen-bond donors (Lipinski definition) is 1. The van der Waals surface area contributed by atoms with E-state index < -0.39 is 0 Å². The van der Waals surface area contributed by atoms with E-state index in [1.165, 1.54) is 0 Å². The molecule has 0 bridgehead atoms. The molecule has 0 unspecified atom stereocenters. The van der Waals surface area contributed by atoms with Crippen molar-refractivity contribution in [1.82, 2.24) is 0 Å². The van der Waals surface area contributed by atoms with Crippen LogP contribution in [0.1, 0.15) is 11.1 Å². The van der Waals surface area contributed by atoms with Crippen molar-refractivity contribution in [3.05, 3.63) is 58.6 Å². The molecule has 0 aliphatic carbocycles. The summed E-state index contributed by atoms with van der Waals surface area (Å²) in [6.45, 7) is 2.47. The first-order valence-electron chi connectivity index (χ1n) is 5.42.